The summed E-state index contributed by atoms with van der Waals surface area (Å²) in [5.74, 6) is 0. The number of aryl methyl sites for hydroxylation is 1. The van der Waals surface area contributed by atoms with Gasteiger partial charge in [0.15, 0.2) is 0 Å². The fraction of sp³-hybridized carbons (Fsp3) is 0.500. The van der Waals surface area contributed by atoms with E-state index in [0.29, 0.717) is 11.0 Å². The third kappa shape index (κ3) is 4.35. The van der Waals surface area contributed by atoms with E-state index in [1.165, 1.54) is 24.8 Å². The molecule has 1 unspecified atom stereocenters. The maximum Gasteiger partial charge on any atom is 0.106 e. The first-order valence-corrected chi connectivity index (χ1v) is 6.62. The number of rotatable bonds is 6. The van der Waals surface area contributed by atoms with Crippen molar-refractivity contribution < 1.29 is 0 Å². The van der Waals surface area contributed by atoms with Gasteiger partial charge in [-0.15, -0.1) is 0 Å². The molecule has 3 N–H and O–H groups in total. The fourth-order valence-corrected chi connectivity index (χ4v) is 2.02. The predicted octanol–water partition coefficient (Wildman–Crippen LogP) is 3.62. The summed E-state index contributed by atoms with van der Waals surface area (Å²) in [6.07, 6.45) is 3.63. The van der Waals surface area contributed by atoms with Crippen molar-refractivity contribution in [2.75, 3.05) is 5.32 Å². The normalized spacial score (nSPS) is 12.2. The predicted molar refractivity (Wildman–Crippen MR) is 79.7 cm³/mol. The van der Waals surface area contributed by atoms with Gasteiger partial charge in [-0.3, -0.25) is 0 Å². The third-order valence-corrected chi connectivity index (χ3v) is 3.05. The molecule has 17 heavy (non-hydrogen) atoms. The van der Waals surface area contributed by atoms with Crippen molar-refractivity contribution in [1.82, 2.24) is 0 Å². The molecule has 3 heteroatoms. The van der Waals surface area contributed by atoms with Crippen molar-refractivity contribution in [3.8, 4) is 0 Å². The van der Waals surface area contributed by atoms with Crippen LogP contribution in [0.5, 0.6) is 0 Å². The monoisotopic (exact) mass is 250 g/mol. The molecule has 0 heterocycles. The molecule has 0 bridgehead atoms. The van der Waals surface area contributed by atoms with Gasteiger partial charge in [-0.05, 0) is 38.0 Å². The molecule has 2 nitrogen and oxygen atoms in total. The number of thiocarbonyl (C=S) groups is 1. The molecule has 0 saturated carbocycles. The number of benzene rings is 1. The first kappa shape index (κ1) is 14.0. The average molecular weight is 250 g/mol. The Morgan fingerprint density at radius 2 is 2.18 bits per heavy atom. The third-order valence-electron chi connectivity index (χ3n) is 2.83. The van der Waals surface area contributed by atoms with E-state index in [4.69, 9.17) is 18.0 Å². The fourth-order valence-electron chi connectivity index (χ4n) is 1.84. The second-order valence-corrected chi connectivity index (χ2v) is 5.04. The summed E-state index contributed by atoms with van der Waals surface area (Å²) in [6, 6.07) is 6.59. The highest BCUT2D eigenvalue weighted by Crippen LogP contribution is 2.19. The number of nitrogens with one attached hydrogen (secondary N) is 1. The van der Waals surface area contributed by atoms with Gasteiger partial charge in [0.05, 0.1) is 0 Å². The molecular formula is C14H22N2S. The molecule has 0 fully saturated rings. The summed E-state index contributed by atoms with van der Waals surface area (Å²) >= 11 is 5.07. The quantitative estimate of drug-likeness (QED) is 0.757. The average Bonchev–Trinajstić information content (AvgIpc) is 2.26. The van der Waals surface area contributed by atoms with Crippen molar-refractivity contribution in [1.29, 1.82) is 0 Å². The Bertz CT molecular complexity index is 388. The van der Waals surface area contributed by atoms with Gasteiger partial charge < -0.3 is 11.1 Å². The smallest absolute Gasteiger partial charge is 0.106 e. The molecule has 0 radical (unpaired) electrons. The van der Waals surface area contributed by atoms with Crippen LogP contribution in [0.4, 0.5) is 5.69 Å². The lowest BCUT2D eigenvalue weighted by molar-refractivity contribution is 0.645. The Morgan fingerprint density at radius 1 is 1.47 bits per heavy atom. The Hall–Kier alpha value is -1.09. The van der Waals surface area contributed by atoms with Gasteiger partial charge in [-0.1, -0.05) is 38.0 Å². The highest BCUT2D eigenvalue weighted by atomic mass is 32.1. The second-order valence-electron chi connectivity index (χ2n) is 4.60. The zero-order valence-electron chi connectivity index (χ0n) is 10.9. The summed E-state index contributed by atoms with van der Waals surface area (Å²) in [4.78, 5) is 0.454. The lowest BCUT2D eigenvalue weighted by atomic mass is 10.1. The van der Waals surface area contributed by atoms with Crippen LogP contribution in [-0.2, 0) is 0 Å². The van der Waals surface area contributed by atoms with Crippen molar-refractivity contribution >= 4 is 22.9 Å². The Labute approximate surface area is 110 Å². The van der Waals surface area contributed by atoms with Gasteiger partial charge in [0.2, 0.25) is 0 Å². The summed E-state index contributed by atoms with van der Waals surface area (Å²) in [7, 11) is 0. The number of anilines is 1. The number of hydrogen-bond donors (Lipinski definition) is 2. The van der Waals surface area contributed by atoms with E-state index >= 15 is 0 Å². The van der Waals surface area contributed by atoms with Crippen LogP contribution < -0.4 is 11.1 Å². The Balaban J connectivity index is 2.81. The molecule has 1 rings (SSSR count). The van der Waals surface area contributed by atoms with Gasteiger partial charge >= 0.3 is 0 Å². The molecule has 1 aromatic carbocycles. The van der Waals surface area contributed by atoms with Crippen molar-refractivity contribution in [3.63, 3.8) is 0 Å². The van der Waals surface area contributed by atoms with Gasteiger partial charge in [0, 0.05) is 17.3 Å². The van der Waals surface area contributed by atoms with Crippen LogP contribution in [0.2, 0.25) is 0 Å². The highest BCUT2D eigenvalue weighted by molar-refractivity contribution is 7.80. The van der Waals surface area contributed by atoms with E-state index in [-0.39, 0.29) is 0 Å². The zero-order valence-corrected chi connectivity index (χ0v) is 11.7. The molecule has 1 aromatic rings. The number of unbranched alkanes of at least 4 members (excludes halogenated alkanes) is 1. The van der Waals surface area contributed by atoms with Crippen molar-refractivity contribution in [3.05, 3.63) is 29.3 Å². The first-order chi connectivity index (χ1) is 8.04. The Morgan fingerprint density at radius 3 is 2.76 bits per heavy atom. The maximum atomic E-state index is 5.73. The summed E-state index contributed by atoms with van der Waals surface area (Å²) in [5, 5.41) is 3.50. The minimum Gasteiger partial charge on any atom is -0.389 e. The minimum atomic E-state index is 0.449. The van der Waals surface area contributed by atoms with E-state index in [1.807, 2.05) is 12.1 Å². The molecule has 94 valence electrons. The maximum absolute atomic E-state index is 5.73. The standard InChI is InChI=1S/C14H22N2S/c1-4-5-6-11(3)16-13-9-10(2)7-8-12(13)14(15)17/h7-9,11,16H,4-6H2,1-3H3,(H2,15,17). The first-order valence-electron chi connectivity index (χ1n) is 6.21. The highest BCUT2D eigenvalue weighted by Gasteiger charge is 2.08. The van der Waals surface area contributed by atoms with Crippen LogP contribution in [0.3, 0.4) is 0 Å². The number of nitrogens with two attached hydrogens (primary N) is 1. The largest absolute Gasteiger partial charge is 0.389 e. The minimum absolute atomic E-state index is 0.449. The summed E-state index contributed by atoms with van der Waals surface area (Å²) < 4.78 is 0. The van der Waals surface area contributed by atoms with E-state index in [0.717, 1.165) is 11.3 Å². The van der Waals surface area contributed by atoms with Crippen LogP contribution >= 0.6 is 12.2 Å². The van der Waals surface area contributed by atoms with E-state index in [1.54, 1.807) is 0 Å². The van der Waals surface area contributed by atoms with Gasteiger partial charge in [0.1, 0.15) is 4.99 Å². The van der Waals surface area contributed by atoms with Crippen LogP contribution in [-0.4, -0.2) is 11.0 Å². The summed E-state index contributed by atoms with van der Waals surface area (Å²) in [5.41, 5.74) is 8.95. The molecule has 1 atom stereocenters. The molecule has 0 aliphatic heterocycles. The lowest BCUT2D eigenvalue weighted by Crippen LogP contribution is -2.19. The molecule has 0 aromatic heterocycles. The molecule has 0 aliphatic rings. The van der Waals surface area contributed by atoms with Crippen LogP contribution in [0.15, 0.2) is 18.2 Å². The Kier molecular flexibility index (Phi) is 5.42. The van der Waals surface area contributed by atoms with E-state index in [9.17, 15) is 0 Å². The summed E-state index contributed by atoms with van der Waals surface area (Å²) in [6.45, 7) is 6.48. The van der Waals surface area contributed by atoms with E-state index in [2.05, 4.69) is 32.2 Å². The lowest BCUT2D eigenvalue weighted by Gasteiger charge is -2.18. The molecule has 0 saturated heterocycles. The molecule has 0 aliphatic carbocycles. The zero-order chi connectivity index (χ0) is 12.8. The van der Waals surface area contributed by atoms with Crippen molar-refractivity contribution in [2.24, 2.45) is 5.73 Å². The van der Waals surface area contributed by atoms with Crippen molar-refractivity contribution in [2.45, 2.75) is 46.1 Å². The van der Waals surface area contributed by atoms with Gasteiger partial charge in [0.25, 0.3) is 0 Å². The number of hydrogen-bond acceptors (Lipinski definition) is 2. The van der Waals surface area contributed by atoms with E-state index < -0.39 is 0 Å². The molecular weight excluding hydrogens is 228 g/mol. The van der Waals surface area contributed by atoms with Crippen LogP contribution in [0.25, 0.3) is 0 Å². The topological polar surface area (TPSA) is 38.0 Å². The SMILES string of the molecule is CCCCC(C)Nc1cc(C)ccc1C(N)=S. The molecule has 0 amide bonds. The van der Waals surface area contributed by atoms with Gasteiger partial charge in [-0.25, -0.2) is 0 Å². The van der Waals surface area contributed by atoms with Crippen LogP contribution in [0, 0.1) is 6.92 Å². The second kappa shape index (κ2) is 6.60. The van der Waals surface area contributed by atoms with Crippen LogP contribution in [0.1, 0.15) is 44.2 Å². The molecule has 0 spiro atoms. The van der Waals surface area contributed by atoms with Gasteiger partial charge in [-0.2, -0.15) is 0 Å².